The lowest BCUT2D eigenvalue weighted by atomic mass is 10.1. The van der Waals surface area contributed by atoms with Crippen molar-refractivity contribution < 1.29 is 23.5 Å². The van der Waals surface area contributed by atoms with E-state index in [2.05, 4.69) is 20.8 Å². The lowest BCUT2D eigenvalue weighted by Gasteiger charge is -2.10. The van der Waals surface area contributed by atoms with Crippen LogP contribution < -0.4 is 10.6 Å². The van der Waals surface area contributed by atoms with Gasteiger partial charge in [0.2, 0.25) is 11.8 Å². The normalized spacial score (nSPS) is 16.4. The van der Waals surface area contributed by atoms with Crippen LogP contribution in [0, 0.1) is 6.92 Å². The number of ether oxygens (including phenoxy) is 1. The number of thioether (sulfide) groups is 1. The molecule has 1 unspecified atom stereocenters. The van der Waals surface area contributed by atoms with E-state index in [-0.39, 0.29) is 23.4 Å². The molecule has 9 nitrogen and oxygen atoms in total. The molecule has 1 saturated heterocycles. The zero-order valence-corrected chi connectivity index (χ0v) is 20.9. The van der Waals surface area contributed by atoms with Gasteiger partial charge < -0.3 is 19.8 Å². The third-order valence-electron chi connectivity index (χ3n) is 5.24. The molecule has 0 radical (unpaired) electrons. The van der Waals surface area contributed by atoms with Crippen molar-refractivity contribution >= 4 is 58.2 Å². The second kappa shape index (κ2) is 11.2. The summed E-state index contributed by atoms with van der Waals surface area (Å²) in [6.07, 6.45) is 1.38. The number of methoxy groups -OCH3 is 1. The lowest BCUT2D eigenvalue weighted by Crippen LogP contribution is -2.28. The molecule has 1 atom stereocenters. The van der Waals surface area contributed by atoms with Gasteiger partial charge >= 0.3 is 5.97 Å². The molecule has 0 spiro atoms. The van der Waals surface area contributed by atoms with Gasteiger partial charge in [-0.2, -0.15) is 5.10 Å². The first kappa shape index (κ1) is 25.2. The summed E-state index contributed by atoms with van der Waals surface area (Å²) in [5.74, 6) is 0.00518. The Balaban J connectivity index is 1.33. The van der Waals surface area contributed by atoms with Crippen molar-refractivity contribution in [3.05, 3.63) is 76.5 Å². The molecule has 184 valence electrons. The SMILES string of the molecule is COC(=O)c1ccc(-c2ccc(C=N/N=C3\NC(=O)C(CC(=O)Nc4cccc(Cl)c4C)S3)o2)cc1. The van der Waals surface area contributed by atoms with E-state index < -0.39 is 11.2 Å². The van der Waals surface area contributed by atoms with Crippen molar-refractivity contribution in [1.29, 1.82) is 0 Å². The van der Waals surface area contributed by atoms with Crippen molar-refractivity contribution in [1.82, 2.24) is 5.32 Å². The van der Waals surface area contributed by atoms with E-state index in [9.17, 15) is 14.4 Å². The largest absolute Gasteiger partial charge is 0.465 e. The molecule has 2 heterocycles. The molecular formula is C25H21ClN4O5S. The van der Waals surface area contributed by atoms with Gasteiger partial charge in [0.15, 0.2) is 5.17 Å². The van der Waals surface area contributed by atoms with Gasteiger partial charge in [-0.15, -0.1) is 5.10 Å². The molecule has 1 aliphatic rings. The Morgan fingerprint density at radius 2 is 1.97 bits per heavy atom. The standard InChI is InChI=1S/C25H21ClN4O5S/c1-14-18(26)4-3-5-19(14)28-22(31)12-21-23(32)29-25(36-21)30-27-13-17-10-11-20(35-17)15-6-8-16(9-7-15)24(33)34-2/h3-11,13,21H,12H2,1-2H3,(H,28,31)(H,29,30,32). The number of amidine groups is 1. The average molecular weight is 525 g/mol. The van der Waals surface area contributed by atoms with Crippen molar-refractivity contribution in [3.63, 3.8) is 0 Å². The third kappa shape index (κ3) is 6.02. The van der Waals surface area contributed by atoms with Crippen LogP contribution in [0.25, 0.3) is 11.3 Å². The summed E-state index contributed by atoms with van der Waals surface area (Å²) in [4.78, 5) is 36.2. The first-order chi connectivity index (χ1) is 17.3. The highest BCUT2D eigenvalue weighted by Gasteiger charge is 2.32. The Kier molecular flexibility index (Phi) is 7.87. The summed E-state index contributed by atoms with van der Waals surface area (Å²) >= 11 is 7.21. The Morgan fingerprint density at radius 1 is 1.19 bits per heavy atom. The van der Waals surface area contributed by atoms with E-state index in [1.807, 2.05) is 0 Å². The number of nitrogens with zero attached hydrogens (tertiary/aromatic N) is 2. The number of carbonyl (C=O) groups excluding carboxylic acids is 3. The van der Waals surface area contributed by atoms with Crippen LogP contribution in [0.4, 0.5) is 5.69 Å². The second-order valence-electron chi connectivity index (χ2n) is 7.68. The minimum atomic E-state index is -0.624. The Morgan fingerprint density at radius 3 is 2.72 bits per heavy atom. The van der Waals surface area contributed by atoms with Gasteiger partial charge in [-0.3, -0.25) is 9.59 Å². The van der Waals surface area contributed by atoms with Gasteiger partial charge in [-0.1, -0.05) is 41.6 Å². The van der Waals surface area contributed by atoms with Gasteiger partial charge in [0, 0.05) is 22.7 Å². The van der Waals surface area contributed by atoms with Crippen LogP contribution >= 0.6 is 23.4 Å². The number of amides is 2. The summed E-state index contributed by atoms with van der Waals surface area (Å²) < 4.78 is 10.4. The Bertz CT molecular complexity index is 1370. The van der Waals surface area contributed by atoms with Crippen molar-refractivity contribution in [2.45, 2.75) is 18.6 Å². The molecule has 0 aliphatic carbocycles. The van der Waals surface area contributed by atoms with E-state index in [1.54, 1.807) is 61.5 Å². The third-order valence-corrected chi connectivity index (χ3v) is 6.72. The number of esters is 1. The molecule has 2 N–H and O–H groups in total. The molecule has 2 aromatic carbocycles. The second-order valence-corrected chi connectivity index (χ2v) is 9.28. The molecule has 2 amide bonds. The number of anilines is 1. The molecule has 0 saturated carbocycles. The lowest BCUT2D eigenvalue weighted by molar-refractivity contribution is -0.122. The molecule has 1 fully saturated rings. The molecular weight excluding hydrogens is 504 g/mol. The Hall–Kier alpha value is -3.89. The maximum atomic E-state index is 12.4. The summed E-state index contributed by atoms with van der Waals surface area (Å²) in [7, 11) is 1.33. The maximum absolute atomic E-state index is 12.4. The molecule has 1 aromatic heterocycles. The average Bonchev–Trinajstić information content (AvgIpc) is 3.48. The fourth-order valence-corrected chi connectivity index (χ4v) is 4.40. The number of benzene rings is 2. The maximum Gasteiger partial charge on any atom is 0.337 e. The van der Waals surface area contributed by atoms with Crippen LogP contribution in [-0.2, 0) is 14.3 Å². The smallest absolute Gasteiger partial charge is 0.337 e. The predicted octanol–water partition coefficient (Wildman–Crippen LogP) is 4.65. The topological polar surface area (TPSA) is 122 Å². The monoisotopic (exact) mass is 524 g/mol. The number of hydrogen-bond acceptors (Lipinski definition) is 8. The van der Waals surface area contributed by atoms with Gasteiger partial charge in [0.1, 0.15) is 16.8 Å². The molecule has 4 rings (SSSR count). The summed E-state index contributed by atoms with van der Waals surface area (Å²) in [6, 6.07) is 15.5. The fourth-order valence-electron chi connectivity index (χ4n) is 3.30. The molecule has 0 bridgehead atoms. The summed E-state index contributed by atoms with van der Waals surface area (Å²) in [5, 5.41) is 13.6. The van der Waals surface area contributed by atoms with Gasteiger partial charge in [-0.25, -0.2) is 4.79 Å². The van der Waals surface area contributed by atoms with E-state index in [0.29, 0.717) is 27.8 Å². The van der Waals surface area contributed by atoms with Crippen LogP contribution in [-0.4, -0.2) is 41.5 Å². The Labute approximate surface area is 216 Å². The van der Waals surface area contributed by atoms with E-state index in [4.69, 9.17) is 20.8 Å². The van der Waals surface area contributed by atoms with E-state index >= 15 is 0 Å². The predicted molar refractivity (Wildman–Crippen MR) is 139 cm³/mol. The zero-order chi connectivity index (χ0) is 25.7. The fraction of sp³-hybridized carbons (Fsp3) is 0.160. The van der Waals surface area contributed by atoms with E-state index in [0.717, 1.165) is 22.9 Å². The van der Waals surface area contributed by atoms with Gasteiger partial charge in [0.25, 0.3) is 0 Å². The zero-order valence-electron chi connectivity index (χ0n) is 19.3. The van der Waals surface area contributed by atoms with Crippen LogP contribution in [0.3, 0.4) is 0 Å². The summed E-state index contributed by atoms with van der Waals surface area (Å²) in [6.45, 7) is 1.81. The van der Waals surface area contributed by atoms with Crippen LogP contribution in [0.2, 0.25) is 5.02 Å². The number of furan rings is 1. The minimum Gasteiger partial charge on any atom is -0.465 e. The molecule has 1 aliphatic heterocycles. The van der Waals surface area contributed by atoms with Crippen molar-refractivity contribution in [2.75, 3.05) is 12.4 Å². The molecule has 3 aromatic rings. The number of halogens is 1. The van der Waals surface area contributed by atoms with Crippen LogP contribution in [0.1, 0.15) is 28.1 Å². The van der Waals surface area contributed by atoms with Gasteiger partial charge in [0.05, 0.1) is 18.9 Å². The highest BCUT2D eigenvalue weighted by molar-refractivity contribution is 8.15. The first-order valence-electron chi connectivity index (χ1n) is 10.8. The number of rotatable bonds is 7. The van der Waals surface area contributed by atoms with Crippen molar-refractivity contribution in [2.24, 2.45) is 10.2 Å². The highest BCUT2D eigenvalue weighted by Crippen LogP contribution is 2.26. The van der Waals surface area contributed by atoms with E-state index in [1.165, 1.54) is 13.3 Å². The quantitative estimate of drug-likeness (QED) is 0.263. The molecule has 11 heteroatoms. The molecule has 36 heavy (non-hydrogen) atoms. The first-order valence-corrected chi connectivity index (χ1v) is 12.0. The highest BCUT2D eigenvalue weighted by atomic mass is 35.5. The van der Waals surface area contributed by atoms with Gasteiger partial charge in [-0.05, 0) is 48.9 Å². The summed E-state index contributed by atoms with van der Waals surface area (Å²) in [5.41, 5.74) is 2.58. The number of hydrogen-bond donors (Lipinski definition) is 2. The minimum absolute atomic E-state index is 0.0263. The number of carbonyl (C=O) groups is 3. The van der Waals surface area contributed by atoms with Crippen LogP contribution in [0.15, 0.2) is 69.2 Å². The number of nitrogens with one attached hydrogen (secondary N) is 2. The van der Waals surface area contributed by atoms with Crippen LogP contribution in [0.5, 0.6) is 0 Å². The van der Waals surface area contributed by atoms with Crippen molar-refractivity contribution in [3.8, 4) is 11.3 Å².